The number of nitrogens with zero attached hydrogens (tertiary/aromatic N) is 1. The topological polar surface area (TPSA) is 61.4 Å². The highest BCUT2D eigenvalue weighted by molar-refractivity contribution is 6.30. The summed E-state index contributed by atoms with van der Waals surface area (Å²) in [6, 6.07) is 15.2. The number of benzene rings is 2. The molecule has 0 unspecified atom stereocenters. The minimum absolute atomic E-state index is 0.0797. The van der Waals surface area contributed by atoms with Crippen LogP contribution >= 0.6 is 11.6 Å². The van der Waals surface area contributed by atoms with E-state index < -0.39 is 0 Å². The molecular formula is C21H24ClN3O2. The lowest BCUT2D eigenvalue weighted by molar-refractivity contribution is -0.117. The molecule has 1 aliphatic rings. The summed E-state index contributed by atoms with van der Waals surface area (Å²) in [7, 11) is 0. The van der Waals surface area contributed by atoms with Crippen molar-refractivity contribution in [2.45, 2.75) is 32.4 Å². The van der Waals surface area contributed by atoms with Gasteiger partial charge in [-0.05, 0) is 55.7 Å². The number of anilines is 1. The normalized spacial score (nSPS) is 13.4. The monoisotopic (exact) mass is 385 g/mol. The van der Waals surface area contributed by atoms with Crippen LogP contribution in [-0.4, -0.2) is 35.8 Å². The van der Waals surface area contributed by atoms with Crippen molar-refractivity contribution in [2.75, 3.05) is 18.4 Å². The highest BCUT2D eigenvalue weighted by atomic mass is 35.5. The fourth-order valence-corrected chi connectivity index (χ4v) is 3.09. The number of carbonyl (C=O) groups is 2. The first-order valence-electron chi connectivity index (χ1n) is 9.21. The van der Waals surface area contributed by atoms with E-state index >= 15 is 0 Å². The fourth-order valence-electron chi connectivity index (χ4n) is 2.96. The summed E-state index contributed by atoms with van der Waals surface area (Å²) >= 11 is 5.95. The van der Waals surface area contributed by atoms with Gasteiger partial charge in [-0.15, -0.1) is 0 Å². The summed E-state index contributed by atoms with van der Waals surface area (Å²) in [6.07, 6.45) is 2.24. The maximum absolute atomic E-state index is 12.5. The Hall–Kier alpha value is -2.37. The molecule has 0 aliphatic heterocycles. The fraction of sp³-hybridized carbons (Fsp3) is 0.333. The second-order valence-corrected chi connectivity index (χ2v) is 7.19. The van der Waals surface area contributed by atoms with Gasteiger partial charge in [-0.2, -0.15) is 0 Å². The lowest BCUT2D eigenvalue weighted by Gasteiger charge is -2.21. The molecule has 0 radical (unpaired) electrons. The third kappa shape index (κ3) is 5.81. The third-order valence-corrected chi connectivity index (χ3v) is 4.71. The molecule has 27 heavy (non-hydrogen) atoms. The van der Waals surface area contributed by atoms with Crippen molar-refractivity contribution in [1.29, 1.82) is 0 Å². The van der Waals surface area contributed by atoms with Crippen molar-refractivity contribution in [3.8, 4) is 0 Å². The van der Waals surface area contributed by atoms with Crippen LogP contribution in [0, 0.1) is 0 Å². The summed E-state index contributed by atoms with van der Waals surface area (Å²) in [4.78, 5) is 26.7. The smallest absolute Gasteiger partial charge is 0.251 e. The summed E-state index contributed by atoms with van der Waals surface area (Å²) < 4.78 is 0. The Kier molecular flexibility index (Phi) is 6.48. The van der Waals surface area contributed by atoms with E-state index in [1.165, 1.54) is 0 Å². The van der Waals surface area contributed by atoms with Gasteiger partial charge in [0.05, 0.1) is 6.54 Å². The zero-order valence-corrected chi connectivity index (χ0v) is 16.1. The summed E-state index contributed by atoms with van der Waals surface area (Å²) in [5.74, 6) is -0.222. The van der Waals surface area contributed by atoms with Crippen LogP contribution < -0.4 is 10.6 Å². The minimum atomic E-state index is -0.143. The molecule has 2 aromatic rings. The van der Waals surface area contributed by atoms with Crippen LogP contribution in [0.3, 0.4) is 0 Å². The Morgan fingerprint density at radius 2 is 1.89 bits per heavy atom. The molecule has 2 aromatic carbocycles. The molecule has 5 nitrogen and oxygen atoms in total. The van der Waals surface area contributed by atoms with Crippen LogP contribution in [0.15, 0.2) is 48.5 Å². The molecule has 3 rings (SSSR count). The molecular weight excluding hydrogens is 362 g/mol. The van der Waals surface area contributed by atoms with E-state index in [4.69, 9.17) is 11.6 Å². The van der Waals surface area contributed by atoms with Crippen LogP contribution in [0.1, 0.15) is 35.7 Å². The van der Waals surface area contributed by atoms with Gasteiger partial charge < -0.3 is 10.6 Å². The average Bonchev–Trinajstić information content (AvgIpc) is 3.48. The second-order valence-electron chi connectivity index (χ2n) is 6.75. The third-order valence-electron chi connectivity index (χ3n) is 4.45. The van der Waals surface area contributed by atoms with Crippen LogP contribution in [0.5, 0.6) is 0 Å². The summed E-state index contributed by atoms with van der Waals surface area (Å²) in [5.41, 5.74) is 2.30. The molecule has 142 valence electrons. The van der Waals surface area contributed by atoms with E-state index in [2.05, 4.69) is 15.5 Å². The molecule has 1 saturated carbocycles. The van der Waals surface area contributed by atoms with Crippen molar-refractivity contribution < 1.29 is 9.59 Å². The van der Waals surface area contributed by atoms with Crippen molar-refractivity contribution >= 4 is 29.1 Å². The number of carbonyl (C=O) groups excluding carboxylic acids is 2. The maximum Gasteiger partial charge on any atom is 0.251 e. The van der Waals surface area contributed by atoms with Gasteiger partial charge in [0.25, 0.3) is 5.91 Å². The maximum atomic E-state index is 12.5. The number of hydrogen-bond acceptors (Lipinski definition) is 3. The highest BCUT2D eigenvalue weighted by Gasteiger charge is 2.30. The van der Waals surface area contributed by atoms with E-state index in [0.29, 0.717) is 41.9 Å². The minimum Gasteiger partial charge on any atom is -0.352 e. The number of hydrogen-bond donors (Lipinski definition) is 2. The van der Waals surface area contributed by atoms with E-state index in [1.54, 1.807) is 24.3 Å². The molecule has 6 heteroatoms. The van der Waals surface area contributed by atoms with Gasteiger partial charge in [0.2, 0.25) is 5.91 Å². The Labute approximate surface area is 164 Å². The highest BCUT2D eigenvalue weighted by Crippen LogP contribution is 2.28. The van der Waals surface area contributed by atoms with Gasteiger partial charge in [-0.25, -0.2) is 0 Å². The number of halogens is 1. The van der Waals surface area contributed by atoms with E-state index in [0.717, 1.165) is 18.4 Å². The molecule has 0 saturated heterocycles. The standard InChI is InChI=1S/C21H24ClN3O2/c1-2-23-21(27)16-4-3-5-18(12-16)24-20(26)14-25(19-10-11-19)13-15-6-8-17(22)9-7-15/h3-9,12,19H,2,10-11,13-14H2,1H3,(H,23,27)(H,24,26). The predicted octanol–water partition coefficient (Wildman–Crippen LogP) is 3.69. The van der Waals surface area contributed by atoms with E-state index in [-0.39, 0.29) is 11.8 Å². The van der Waals surface area contributed by atoms with Gasteiger partial charge in [-0.1, -0.05) is 29.8 Å². The van der Waals surface area contributed by atoms with Crippen LogP contribution in [0.25, 0.3) is 0 Å². The molecule has 2 amide bonds. The van der Waals surface area contributed by atoms with Crippen molar-refractivity contribution in [2.24, 2.45) is 0 Å². The molecule has 2 N–H and O–H groups in total. The van der Waals surface area contributed by atoms with Gasteiger partial charge in [0.1, 0.15) is 0 Å². The first kappa shape index (κ1) is 19.4. The van der Waals surface area contributed by atoms with Crippen molar-refractivity contribution in [3.63, 3.8) is 0 Å². The molecule has 0 spiro atoms. The van der Waals surface area contributed by atoms with Crippen molar-refractivity contribution in [3.05, 3.63) is 64.7 Å². The summed E-state index contributed by atoms with van der Waals surface area (Å²) in [5, 5.41) is 6.38. The molecule has 1 fully saturated rings. The lowest BCUT2D eigenvalue weighted by Crippen LogP contribution is -2.34. The van der Waals surface area contributed by atoms with Gasteiger partial charge in [-0.3, -0.25) is 14.5 Å². The van der Waals surface area contributed by atoms with Crippen LogP contribution in [-0.2, 0) is 11.3 Å². The Balaban J connectivity index is 1.60. The van der Waals surface area contributed by atoms with Gasteiger partial charge >= 0.3 is 0 Å². The molecule has 0 bridgehead atoms. The Morgan fingerprint density at radius 3 is 2.56 bits per heavy atom. The van der Waals surface area contributed by atoms with E-state index in [9.17, 15) is 9.59 Å². The largest absolute Gasteiger partial charge is 0.352 e. The molecule has 1 aliphatic carbocycles. The number of amides is 2. The Morgan fingerprint density at radius 1 is 1.15 bits per heavy atom. The van der Waals surface area contributed by atoms with E-state index in [1.807, 2.05) is 31.2 Å². The quantitative estimate of drug-likeness (QED) is 0.728. The molecule has 0 atom stereocenters. The van der Waals surface area contributed by atoms with Crippen LogP contribution in [0.2, 0.25) is 5.02 Å². The first-order chi connectivity index (χ1) is 13.0. The van der Waals surface area contributed by atoms with Gasteiger partial charge in [0, 0.05) is 35.4 Å². The molecule has 0 aromatic heterocycles. The zero-order valence-electron chi connectivity index (χ0n) is 15.4. The second kappa shape index (κ2) is 9.02. The molecule has 0 heterocycles. The number of rotatable bonds is 8. The first-order valence-corrected chi connectivity index (χ1v) is 9.59. The predicted molar refractivity (Wildman–Crippen MR) is 108 cm³/mol. The zero-order chi connectivity index (χ0) is 19.2. The lowest BCUT2D eigenvalue weighted by atomic mass is 10.2. The average molecular weight is 386 g/mol. The summed E-state index contributed by atoms with van der Waals surface area (Å²) in [6.45, 7) is 3.47. The number of nitrogens with one attached hydrogen (secondary N) is 2. The van der Waals surface area contributed by atoms with Crippen molar-refractivity contribution in [1.82, 2.24) is 10.2 Å². The SMILES string of the molecule is CCNC(=O)c1cccc(NC(=O)CN(Cc2ccc(Cl)cc2)C2CC2)c1. The van der Waals surface area contributed by atoms with Crippen LogP contribution in [0.4, 0.5) is 5.69 Å². The Bertz CT molecular complexity index is 803. The van der Waals surface area contributed by atoms with Gasteiger partial charge in [0.15, 0.2) is 0 Å².